The lowest BCUT2D eigenvalue weighted by atomic mass is 9.92. The van der Waals surface area contributed by atoms with E-state index in [1.165, 1.54) is 18.4 Å². The minimum absolute atomic E-state index is 0.0681. The van der Waals surface area contributed by atoms with Crippen LogP contribution in [0.1, 0.15) is 19.4 Å². The van der Waals surface area contributed by atoms with Crippen molar-refractivity contribution in [3.8, 4) is 5.75 Å². The van der Waals surface area contributed by atoms with Crippen molar-refractivity contribution < 1.29 is 13.5 Å². The molecule has 1 fully saturated rings. The van der Waals surface area contributed by atoms with E-state index in [0.717, 1.165) is 12.1 Å². The molecule has 2 rings (SSSR count). The van der Waals surface area contributed by atoms with Gasteiger partial charge in [0.05, 0.1) is 5.02 Å². The fraction of sp³-hybridized carbons (Fsp3) is 0.625. The van der Waals surface area contributed by atoms with Gasteiger partial charge < -0.3 is 5.11 Å². The molecule has 136 valence electrons. The first kappa shape index (κ1) is 19.5. The van der Waals surface area contributed by atoms with Crippen molar-refractivity contribution in [1.82, 2.24) is 13.9 Å². The van der Waals surface area contributed by atoms with Gasteiger partial charge in [0, 0.05) is 39.8 Å². The molecule has 1 aliphatic heterocycles. The lowest BCUT2D eigenvalue weighted by Crippen LogP contribution is -2.46. The van der Waals surface area contributed by atoms with Crippen molar-refractivity contribution in [3.05, 3.63) is 28.8 Å². The van der Waals surface area contributed by atoms with E-state index < -0.39 is 10.2 Å². The first-order chi connectivity index (χ1) is 11.1. The van der Waals surface area contributed by atoms with Crippen LogP contribution in [-0.2, 0) is 16.8 Å². The normalized spacial score (nSPS) is 22.6. The summed E-state index contributed by atoms with van der Waals surface area (Å²) in [6, 6.07) is 5.05. The van der Waals surface area contributed by atoms with Crippen LogP contribution in [0.15, 0.2) is 18.2 Å². The summed E-state index contributed by atoms with van der Waals surface area (Å²) in [4.78, 5) is 2.22. The molecule has 1 saturated heterocycles. The predicted molar refractivity (Wildman–Crippen MR) is 96.3 cm³/mol. The molecular formula is C16H26ClN3O3S. The van der Waals surface area contributed by atoms with Gasteiger partial charge >= 0.3 is 0 Å². The van der Waals surface area contributed by atoms with E-state index in [0.29, 0.717) is 24.0 Å². The van der Waals surface area contributed by atoms with Crippen molar-refractivity contribution in [2.75, 3.05) is 27.2 Å². The third-order valence-corrected chi connectivity index (χ3v) is 6.36. The summed E-state index contributed by atoms with van der Waals surface area (Å²) in [7, 11) is -0.403. The van der Waals surface area contributed by atoms with E-state index in [4.69, 9.17) is 11.6 Å². The molecule has 1 aromatic carbocycles. The van der Waals surface area contributed by atoms with Gasteiger partial charge in [-0.2, -0.15) is 17.4 Å². The number of aromatic hydroxyl groups is 1. The SMILES string of the molecule is CC(C)[C@@H]1CN(Cc2ccc(O)c(Cl)c2)C[C@H]1NS(=O)(=O)N(C)C. The Morgan fingerprint density at radius 3 is 2.58 bits per heavy atom. The second-order valence-electron chi connectivity index (χ2n) is 6.90. The first-order valence-corrected chi connectivity index (χ1v) is 9.81. The zero-order valence-electron chi connectivity index (χ0n) is 14.5. The largest absolute Gasteiger partial charge is 0.506 e. The molecular weight excluding hydrogens is 350 g/mol. The fourth-order valence-electron chi connectivity index (χ4n) is 3.05. The zero-order valence-corrected chi connectivity index (χ0v) is 16.1. The molecule has 2 N–H and O–H groups in total. The Morgan fingerprint density at radius 1 is 1.38 bits per heavy atom. The Morgan fingerprint density at radius 2 is 2.04 bits per heavy atom. The standard InChI is InChI=1S/C16H26ClN3O3S/c1-11(2)13-9-20(8-12-5-6-16(21)14(17)7-12)10-15(13)18-24(22,23)19(3)4/h5-7,11,13,15,18,21H,8-10H2,1-4H3/t13-,15+/m0/s1. The van der Waals surface area contributed by atoms with Crippen molar-refractivity contribution in [3.63, 3.8) is 0 Å². The molecule has 24 heavy (non-hydrogen) atoms. The van der Waals surface area contributed by atoms with E-state index in [9.17, 15) is 13.5 Å². The summed E-state index contributed by atoms with van der Waals surface area (Å²) in [6.07, 6.45) is 0. The fourth-order valence-corrected chi connectivity index (χ4v) is 4.09. The second-order valence-corrected chi connectivity index (χ2v) is 9.22. The summed E-state index contributed by atoms with van der Waals surface area (Å²) >= 11 is 5.96. The van der Waals surface area contributed by atoms with Crippen LogP contribution in [0.5, 0.6) is 5.75 Å². The summed E-state index contributed by atoms with van der Waals surface area (Å²) in [5, 5.41) is 9.84. The molecule has 0 aromatic heterocycles. The Balaban J connectivity index is 2.10. The smallest absolute Gasteiger partial charge is 0.279 e. The number of benzene rings is 1. The molecule has 0 saturated carbocycles. The van der Waals surface area contributed by atoms with Gasteiger partial charge in [-0.05, 0) is 29.5 Å². The van der Waals surface area contributed by atoms with Crippen LogP contribution in [0.2, 0.25) is 5.02 Å². The highest BCUT2D eigenvalue weighted by Gasteiger charge is 2.37. The molecule has 1 aliphatic rings. The van der Waals surface area contributed by atoms with Crippen LogP contribution >= 0.6 is 11.6 Å². The number of hydrogen-bond acceptors (Lipinski definition) is 4. The molecule has 0 amide bonds. The summed E-state index contributed by atoms with van der Waals surface area (Å²) in [5.74, 6) is 0.680. The molecule has 6 nitrogen and oxygen atoms in total. The van der Waals surface area contributed by atoms with Gasteiger partial charge in [0.1, 0.15) is 5.75 Å². The van der Waals surface area contributed by atoms with Crippen molar-refractivity contribution in [1.29, 1.82) is 0 Å². The molecule has 0 aliphatic carbocycles. The molecule has 1 heterocycles. The van der Waals surface area contributed by atoms with Crippen molar-refractivity contribution in [2.24, 2.45) is 11.8 Å². The molecule has 1 aromatic rings. The average Bonchev–Trinajstić information content (AvgIpc) is 2.85. The van der Waals surface area contributed by atoms with Crippen molar-refractivity contribution in [2.45, 2.75) is 26.4 Å². The third-order valence-electron chi connectivity index (χ3n) is 4.50. The molecule has 0 bridgehead atoms. The monoisotopic (exact) mass is 375 g/mol. The number of phenolic OH excluding ortho intramolecular Hbond substituents is 1. The number of rotatable bonds is 6. The van der Waals surface area contributed by atoms with E-state index in [1.807, 2.05) is 6.07 Å². The van der Waals surface area contributed by atoms with Gasteiger partial charge in [0.25, 0.3) is 10.2 Å². The van der Waals surface area contributed by atoms with Gasteiger partial charge in [-0.25, -0.2) is 0 Å². The van der Waals surface area contributed by atoms with Gasteiger partial charge in [0.2, 0.25) is 0 Å². The lowest BCUT2D eigenvalue weighted by molar-refractivity contribution is 0.296. The van der Waals surface area contributed by atoms with Gasteiger partial charge in [-0.3, -0.25) is 4.90 Å². The highest BCUT2D eigenvalue weighted by atomic mass is 35.5. The number of nitrogens with zero attached hydrogens (tertiary/aromatic N) is 2. The Bertz CT molecular complexity index is 679. The number of likely N-dealkylation sites (tertiary alicyclic amines) is 1. The Labute approximate surface area is 149 Å². The van der Waals surface area contributed by atoms with Crippen LogP contribution < -0.4 is 4.72 Å². The molecule has 0 unspecified atom stereocenters. The van der Waals surface area contributed by atoms with E-state index in [-0.39, 0.29) is 17.7 Å². The lowest BCUT2D eigenvalue weighted by Gasteiger charge is -2.24. The van der Waals surface area contributed by atoms with Gasteiger partial charge in [-0.1, -0.05) is 31.5 Å². The molecule has 2 atom stereocenters. The second kappa shape index (κ2) is 7.58. The maximum atomic E-state index is 12.2. The maximum Gasteiger partial charge on any atom is 0.279 e. The highest BCUT2D eigenvalue weighted by molar-refractivity contribution is 7.87. The highest BCUT2D eigenvalue weighted by Crippen LogP contribution is 2.28. The van der Waals surface area contributed by atoms with E-state index in [2.05, 4.69) is 23.5 Å². The quantitative estimate of drug-likeness (QED) is 0.796. The third kappa shape index (κ3) is 4.61. The van der Waals surface area contributed by atoms with Crippen LogP contribution in [0, 0.1) is 11.8 Å². The summed E-state index contributed by atoms with van der Waals surface area (Å²) in [5.41, 5.74) is 0.997. The van der Waals surface area contributed by atoms with Crippen LogP contribution in [0.3, 0.4) is 0 Å². The van der Waals surface area contributed by atoms with Crippen LogP contribution in [-0.4, -0.2) is 56.0 Å². The average molecular weight is 376 g/mol. The van der Waals surface area contributed by atoms with Gasteiger partial charge in [0.15, 0.2) is 0 Å². The topological polar surface area (TPSA) is 72.9 Å². The zero-order chi connectivity index (χ0) is 18.1. The van der Waals surface area contributed by atoms with Crippen molar-refractivity contribution >= 4 is 21.8 Å². The van der Waals surface area contributed by atoms with E-state index >= 15 is 0 Å². The Hall–Kier alpha value is -0.860. The Kier molecular flexibility index (Phi) is 6.14. The van der Waals surface area contributed by atoms with Crippen LogP contribution in [0.4, 0.5) is 0 Å². The molecule has 0 spiro atoms. The van der Waals surface area contributed by atoms with E-state index in [1.54, 1.807) is 12.1 Å². The summed E-state index contributed by atoms with van der Waals surface area (Å²) < 4.78 is 28.3. The van der Waals surface area contributed by atoms with Crippen LogP contribution in [0.25, 0.3) is 0 Å². The predicted octanol–water partition coefficient (Wildman–Crippen LogP) is 1.90. The number of halogens is 1. The first-order valence-electron chi connectivity index (χ1n) is 7.99. The number of nitrogens with one attached hydrogen (secondary N) is 1. The minimum atomic E-state index is -3.45. The van der Waals surface area contributed by atoms with Gasteiger partial charge in [-0.15, -0.1) is 0 Å². The summed E-state index contributed by atoms with van der Waals surface area (Å²) in [6.45, 7) is 6.36. The molecule has 8 heteroatoms. The number of phenols is 1. The minimum Gasteiger partial charge on any atom is -0.506 e. The molecule has 0 radical (unpaired) electrons. The number of hydrogen-bond donors (Lipinski definition) is 2. The maximum absolute atomic E-state index is 12.2.